The Kier molecular flexibility index (Phi) is 6.13. The summed E-state index contributed by atoms with van der Waals surface area (Å²) in [5.74, 6) is 0.182. The van der Waals surface area contributed by atoms with Gasteiger partial charge in [0.1, 0.15) is 0 Å². The van der Waals surface area contributed by atoms with Gasteiger partial charge in [0.2, 0.25) is 0 Å². The van der Waals surface area contributed by atoms with E-state index in [2.05, 4.69) is 12.2 Å². The SMILES string of the molecule is CCC1CCCC(NCC(CC)(CC)C(=O)O)C1. The van der Waals surface area contributed by atoms with Crippen LogP contribution in [0.15, 0.2) is 0 Å². The summed E-state index contributed by atoms with van der Waals surface area (Å²) in [5, 5.41) is 12.9. The first-order valence-corrected chi connectivity index (χ1v) is 7.54. The Morgan fingerprint density at radius 1 is 1.28 bits per heavy atom. The van der Waals surface area contributed by atoms with Crippen molar-refractivity contribution in [3.8, 4) is 0 Å². The van der Waals surface area contributed by atoms with Gasteiger partial charge in [-0.3, -0.25) is 4.79 Å². The molecule has 2 N–H and O–H groups in total. The molecule has 1 aliphatic carbocycles. The predicted octanol–water partition coefficient (Wildman–Crippen LogP) is 3.44. The third kappa shape index (κ3) is 3.71. The highest BCUT2D eigenvalue weighted by Crippen LogP contribution is 2.29. The number of nitrogens with one attached hydrogen (secondary N) is 1. The van der Waals surface area contributed by atoms with E-state index in [1.807, 2.05) is 13.8 Å². The van der Waals surface area contributed by atoms with Gasteiger partial charge in [-0.2, -0.15) is 0 Å². The molecule has 0 radical (unpaired) electrons. The minimum absolute atomic E-state index is 0.528. The lowest BCUT2D eigenvalue weighted by Crippen LogP contribution is -2.45. The van der Waals surface area contributed by atoms with Gasteiger partial charge >= 0.3 is 5.97 Å². The van der Waals surface area contributed by atoms with Crippen LogP contribution in [0.25, 0.3) is 0 Å². The first-order valence-electron chi connectivity index (χ1n) is 7.54. The highest BCUT2D eigenvalue weighted by molar-refractivity contribution is 5.74. The number of carboxylic acid groups (broad SMARTS) is 1. The lowest BCUT2D eigenvalue weighted by atomic mass is 9.80. The second-order valence-corrected chi connectivity index (χ2v) is 5.81. The second kappa shape index (κ2) is 7.13. The molecule has 0 aliphatic heterocycles. The minimum Gasteiger partial charge on any atom is -0.481 e. The fourth-order valence-corrected chi connectivity index (χ4v) is 3.06. The molecule has 0 bridgehead atoms. The highest BCUT2D eigenvalue weighted by atomic mass is 16.4. The first kappa shape index (κ1) is 15.5. The number of carboxylic acids is 1. The normalized spacial score (nSPS) is 25.1. The van der Waals surface area contributed by atoms with Crippen molar-refractivity contribution in [1.29, 1.82) is 0 Å². The third-order valence-corrected chi connectivity index (χ3v) is 4.90. The van der Waals surface area contributed by atoms with E-state index in [1.54, 1.807) is 0 Å². The predicted molar refractivity (Wildman–Crippen MR) is 74.7 cm³/mol. The van der Waals surface area contributed by atoms with E-state index in [9.17, 15) is 9.90 Å². The zero-order valence-corrected chi connectivity index (χ0v) is 12.2. The second-order valence-electron chi connectivity index (χ2n) is 5.81. The molecule has 1 rings (SSSR count). The summed E-state index contributed by atoms with van der Waals surface area (Å²) < 4.78 is 0. The number of carbonyl (C=O) groups is 1. The lowest BCUT2D eigenvalue weighted by Gasteiger charge is -2.33. The summed E-state index contributed by atoms with van der Waals surface area (Å²) >= 11 is 0. The Balaban J connectivity index is 2.49. The number of aliphatic carboxylic acids is 1. The van der Waals surface area contributed by atoms with Gasteiger partial charge in [-0.15, -0.1) is 0 Å². The summed E-state index contributed by atoms with van der Waals surface area (Å²) in [4.78, 5) is 11.4. The average Bonchev–Trinajstić information content (AvgIpc) is 2.40. The molecule has 18 heavy (non-hydrogen) atoms. The van der Waals surface area contributed by atoms with Crippen LogP contribution in [-0.2, 0) is 4.79 Å². The molecule has 0 aromatic carbocycles. The van der Waals surface area contributed by atoms with Crippen LogP contribution in [0.3, 0.4) is 0 Å². The van der Waals surface area contributed by atoms with Crippen molar-refractivity contribution in [1.82, 2.24) is 5.32 Å². The van der Waals surface area contributed by atoms with Crippen LogP contribution in [0.4, 0.5) is 0 Å². The van der Waals surface area contributed by atoms with Crippen LogP contribution in [0.1, 0.15) is 65.7 Å². The van der Waals surface area contributed by atoms with Gasteiger partial charge in [0.15, 0.2) is 0 Å². The van der Waals surface area contributed by atoms with Crippen LogP contribution in [0, 0.1) is 11.3 Å². The summed E-state index contributed by atoms with van der Waals surface area (Å²) in [6.45, 7) is 6.84. The largest absolute Gasteiger partial charge is 0.481 e. The molecule has 0 amide bonds. The van der Waals surface area contributed by atoms with Gasteiger partial charge in [0, 0.05) is 12.6 Å². The summed E-state index contributed by atoms with van der Waals surface area (Å²) in [5.41, 5.74) is -0.570. The zero-order valence-electron chi connectivity index (χ0n) is 12.2. The van der Waals surface area contributed by atoms with E-state index in [1.165, 1.54) is 32.1 Å². The Morgan fingerprint density at radius 3 is 2.44 bits per heavy atom. The van der Waals surface area contributed by atoms with E-state index in [4.69, 9.17) is 0 Å². The molecular weight excluding hydrogens is 226 g/mol. The van der Waals surface area contributed by atoms with Crippen molar-refractivity contribution >= 4 is 5.97 Å². The van der Waals surface area contributed by atoms with Crippen LogP contribution in [0.2, 0.25) is 0 Å². The van der Waals surface area contributed by atoms with Gasteiger partial charge in [0.05, 0.1) is 5.41 Å². The Labute approximate surface area is 111 Å². The van der Waals surface area contributed by atoms with Gasteiger partial charge in [-0.25, -0.2) is 0 Å². The van der Waals surface area contributed by atoms with E-state index in [0.29, 0.717) is 25.4 Å². The molecule has 0 saturated heterocycles. The van der Waals surface area contributed by atoms with Crippen molar-refractivity contribution in [2.75, 3.05) is 6.54 Å². The monoisotopic (exact) mass is 255 g/mol. The van der Waals surface area contributed by atoms with E-state index in [-0.39, 0.29) is 0 Å². The number of hydrogen-bond donors (Lipinski definition) is 2. The summed E-state index contributed by atoms with van der Waals surface area (Å²) in [7, 11) is 0. The van der Waals surface area contributed by atoms with E-state index >= 15 is 0 Å². The fraction of sp³-hybridized carbons (Fsp3) is 0.933. The summed E-state index contributed by atoms with van der Waals surface area (Å²) in [6, 6.07) is 0.528. The molecular formula is C15H29NO2. The molecule has 106 valence electrons. The van der Waals surface area contributed by atoms with Crippen LogP contribution in [-0.4, -0.2) is 23.7 Å². The maximum atomic E-state index is 11.4. The quantitative estimate of drug-likeness (QED) is 0.732. The van der Waals surface area contributed by atoms with Gasteiger partial charge in [-0.1, -0.05) is 40.0 Å². The van der Waals surface area contributed by atoms with E-state index in [0.717, 1.165) is 5.92 Å². The molecule has 0 heterocycles. The molecule has 0 aromatic rings. The van der Waals surface area contributed by atoms with Crippen LogP contribution in [0.5, 0.6) is 0 Å². The third-order valence-electron chi connectivity index (χ3n) is 4.90. The standard InChI is InChI=1S/C15H29NO2/c1-4-12-8-7-9-13(10-12)16-11-15(5-2,6-3)14(17)18/h12-13,16H,4-11H2,1-3H3,(H,17,18). The molecule has 1 aliphatic rings. The number of hydrogen-bond acceptors (Lipinski definition) is 2. The summed E-state index contributed by atoms with van der Waals surface area (Å²) in [6.07, 6.45) is 7.73. The van der Waals surface area contributed by atoms with Gasteiger partial charge in [0.25, 0.3) is 0 Å². The number of rotatable bonds is 7. The van der Waals surface area contributed by atoms with Crippen molar-refractivity contribution in [3.05, 3.63) is 0 Å². The molecule has 3 heteroatoms. The Bertz CT molecular complexity index is 261. The maximum absolute atomic E-state index is 11.4. The Morgan fingerprint density at radius 2 is 1.94 bits per heavy atom. The Hall–Kier alpha value is -0.570. The molecule has 2 atom stereocenters. The maximum Gasteiger partial charge on any atom is 0.310 e. The smallest absolute Gasteiger partial charge is 0.310 e. The first-order chi connectivity index (χ1) is 8.57. The zero-order chi connectivity index (χ0) is 13.6. The molecule has 0 spiro atoms. The minimum atomic E-state index is -0.650. The van der Waals surface area contributed by atoms with Crippen molar-refractivity contribution in [3.63, 3.8) is 0 Å². The van der Waals surface area contributed by atoms with Gasteiger partial charge in [-0.05, 0) is 31.6 Å². The lowest BCUT2D eigenvalue weighted by molar-refractivity contribution is -0.149. The molecule has 3 nitrogen and oxygen atoms in total. The van der Waals surface area contributed by atoms with Crippen molar-refractivity contribution in [2.45, 2.75) is 71.8 Å². The van der Waals surface area contributed by atoms with Crippen molar-refractivity contribution < 1.29 is 9.90 Å². The molecule has 1 saturated carbocycles. The van der Waals surface area contributed by atoms with Crippen molar-refractivity contribution in [2.24, 2.45) is 11.3 Å². The van der Waals surface area contributed by atoms with Crippen LogP contribution < -0.4 is 5.32 Å². The van der Waals surface area contributed by atoms with Crippen LogP contribution >= 0.6 is 0 Å². The molecule has 0 aromatic heterocycles. The fourth-order valence-electron chi connectivity index (χ4n) is 3.06. The average molecular weight is 255 g/mol. The highest BCUT2D eigenvalue weighted by Gasteiger charge is 2.35. The molecule has 2 unspecified atom stereocenters. The van der Waals surface area contributed by atoms with E-state index < -0.39 is 11.4 Å². The topological polar surface area (TPSA) is 49.3 Å². The molecule has 1 fully saturated rings. The van der Waals surface area contributed by atoms with Gasteiger partial charge < -0.3 is 10.4 Å².